The first-order chi connectivity index (χ1) is 7.56. The fourth-order valence-electron chi connectivity index (χ4n) is 1.31. The van der Waals surface area contributed by atoms with E-state index in [1.54, 1.807) is 18.4 Å². The summed E-state index contributed by atoms with van der Waals surface area (Å²) in [5.41, 5.74) is 1.14. The molecule has 2 aromatic rings. The second-order valence-electron chi connectivity index (χ2n) is 2.81. The summed E-state index contributed by atoms with van der Waals surface area (Å²) < 4.78 is 32.1. The zero-order chi connectivity index (χ0) is 12.1. The van der Waals surface area contributed by atoms with E-state index in [4.69, 9.17) is 4.84 Å². The summed E-state index contributed by atoms with van der Waals surface area (Å²) >= 11 is 1.74. The molecular weight excluding hydrogens is 269 g/mol. The third kappa shape index (κ3) is 4.91. The van der Waals surface area contributed by atoms with E-state index in [0.29, 0.717) is 0 Å². The minimum atomic E-state index is -3.67. The fraction of sp³-hybridized carbons (Fsp3) is 0.300. The Kier molecular flexibility index (Phi) is 9.24. The Morgan fingerprint density at radius 2 is 1.72 bits per heavy atom. The highest BCUT2D eigenvalue weighted by Gasteiger charge is 2.16. The van der Waals surface area contributed by atoms with Gasteiger partial charge in [-0.1, -0.05) is 30.9 Å². The summed E-state index contributed by atoms with van der Waals surface area (Å²) in [6.45, 7) is 2.05. The highest BCUT2D eigenvalue weighted by atomic mass is 32.1. The summed E-state index contributed by atoms with van der Waals surface area (Å²) in [5, 5.41) is 1.17. The summed E-state index contributed by atoms with van der Waals surface area (Å²) in [7, 11) is -1.98. The van der Waals surface area contributed by atoms with Gasteiger partial charge >= 0.3 is 7.54 Å². The smallest absolute Gasteiger partial charge is 0.762 e. The SMILES string of the molecule is C.CO[n+]1c(C)sc2ccccc21.FB(F)F.[F-]. The first-order valence-electron chi connectivity index (χ1n) is 4.43. The second kappa shape index (κ2) is 8.74. The lowest BCUT2D eigenvalue weighted by atomic mass is 10.3. The average molecular weight is 283 g/mol. The van der Waals surface area contributed by atoms with Crippen molar-refractivity contribution in [3.63, 3.8) is 0 Å². The number of nitrogens with zero attached hydrogens (tertiary/aromatic N) is 1. The molecule has 0 saturated heterocycles. The largest absolute Gasteiger partial charge is 1.00 e. The Bertz CT molecular complexity index is 463. The zero-order valence-electron chi connectivity index (χ0n) is 9.16. The molecule has 0 spiro atoms. The molecule has 102 valence electrons. The van der Waals surface area contributed by atoms with Crippen LogP contribution in [-0.2, 0) is 0 Å². The van der Waals surface area contributed by atoms with Crippen LogP contribution in [-0.4, -0.2) is 14.7 Å². The van der Waals surface area contributed by atoms with Gasteiger partial charge in [0.25, 0.3) is 10.5 Å². The van der Waals surface area contributed by atoms with Crippen LogP contribution in [0.1, 0.15) is 12.4 Å². The van der Waals surface area contributed by atoms with Crippen molar-refractivity contribution >= 4 is 29.1 Å². The van der Waals surface area contributed by atoms with Gasteiger partial charge in [-0.05, 0) is 6.07 Å². The lowest BCUT2D eigenvalue weighted by molar-refractivity contribution is -0.866. The molecule has 1 aromatic heterocycles. The van der Waals surface area contributed by atoms with Crippen LogP contribution in [0.15, 0.2) is 24.3 Å². The van der Waals surface area contributed by atoms with Crippen LogP contribution in [0.4, 0.5) is 12.9 Å². The van der Waals surface area contributed by atoms with E-state index in [0.717, 1.165) is 5.52 Å². The number of halogens is 4. The second-order valence-corrected chi connectivity index (χ2v) is 4.05. The topological polar surface area (TPSA) is 13.1 Å². The monoisotopic (exact) mass is 283 g/mol. The summed E-state index contributed by atoms with van der Waals surface area (Å²) in [4.78, 5) is 5.23. The van der Waals surface area contributed by atoms with Crippen LogP contribution in [0.3, 0.4) is 0 Å². The fourth-order valence-corrected chi connectivity index (χ4v) is 2.28. The molecule has 0 unspecified atom stereocenters. The van der Waals surface area contributed by atoms with Crippen molar-refractivity contribution in [2.24, 2.45) is 0 Å². The van der Waals surface area contributed by atoms with Crippen LogP contribution in [0.2, 0.25) is 0 Å². The Morgan fingerprint density at radius 3 is 2.22 bits per heavy atom. The van der Waals surface area contributed by atoms with Gasteiger partial charge in [-0.3, -0.25) is 17.8 Å². The van der Waals surface area contributed by atoms with Gasteiger partial charge in [-0.2, -0.15) is 0 Å². The molecule has 0 N–H and O–H groups in total. The standard InChI is InChI=1S/C9H10NOS.CH4.BF3.FH/c1-7-10(11-2)8-5-3-4-6-9(8)12-7;;2-1(3)4;/h3-6H,1-2H3;1H4;;1H/q+1;;;/p-1. The molecule has 0 radical (unpaired) electrons. The number of para-hydroxylation sites is 1. The molecule has 18 heavy (non-hydrogen) atoms. The Balaban J connectivity index is 0. The third-order valence-corrected chi connectivity index (χ3v) is 2.84. The first kappa shape index (κ1) is 19.0. The van der Waals surface area contributed by atoms with Gasteiger partial charge in [0.1, 0.15) is 11.8 Å². The number of benzene rings is 1. The van der Waals surface area contributed by atoms with Crippen LogP contribution in [0, 0.1) is 6.92 Å². The lowest BCUT2D eigenvalue weighted by Gasteiger charge is -1.87. The van der Waals surface area contributed by atoms with Crippen molar-refractivity contribution in [2.45, 2.75) is 14.4 Å². The van der Waals surface area contributed by atoms with E-state index < -0.39 is 7.54 Å². The molecular formula is C10H14BF4NOS. The summed E-state index contributed by atoms with van der Waals surface area (Å²) in [5.74, 6) is 0. The molecule has 0 amide bonds. The van der Waals surface area contributed by atoms with Gasteiger partial charge in [0, 0.05) is 17.7 Å². The maximum Gasteiger partial charge on any atom is 0.762 e. The molecule has 0 aliphatic rings. The van der Waals surface area contributed by atoms with Crippen molar-refractivity contribution in [2.75, 3.05) is 7.11 Å². The number of thiazole rings is 1. The minimum absolute atomic E-state index is 0. The van der Waals surface area contributed by atoms with E-state index in [1.165, 1.54) is 9.71 Å². The van der Waals surface area contributed by atoms with Gasteiger partial charge in [0.2, 0.25) is 0 Å². The number of hydrogen-bond donors (Lipinski definition) is 0. The first-order valence-corrected chi connectivity index (χ1v) is 5.24. The number of fused-ring (bicyclic) bond motifs is 1. The Morgan fingerprint density at radius 1 is 1.22 bits per heavy atom. The van der Waals surface area contributed by atoms with Gasteiger partial charge in [-0.25, -0.2) is 0 Å². The molecule has 2 nitrogen and oxygen atoms in total. The molecule has 0 saturated carbocycles. The normalized spacial score (nSPS) is 8.50. The Labute approximate surface area is 108 Å². The van der Waals surface area contributed by atoms with Crippen molar-refractivity contribution in [3.8, 4) is 0 Å². The third-order valence-electron chi connectivity index (χ3n) is 1.81. The van der Waals surface area contributed by atoms with Crippen molar-refractivity contribution in [3.05, 3.63) is 29.3 Å². The number of aryl methyl sites for hydroxylation is 1. The van der Waals surface area contributed by atoms with Crippen molar-refractivity contribution in [1.29, 1.82) is 0 Å². The van der Waals surface area contributed by atoms with Gasteiger partial charge in [0.15, 0.2) is 0 Å². The van der Waals surface area contributed by atoms with Crippen LogP contribution in [0.25, 0.3) is 10.2 Å². The molecule has 0 fully saturated rings. The van der Waals surface area contributed by atoms with E-state index in [-0.39, 0.29) is 12.1 Å². The maximum absolute atomic E-state index is 9.67. The lowest BCUT2D eigenvalue weighted by Crippen LogP contribution is -3.00. The van der Waals surface area contributed by atoms with E-state index in [2.05, 4.69) is 12.1 Å². The van der Waals surface area contributed by atoms with E-state index in [9.17, 15) is 12.9 Å². The molecule has 0 atom stereocenters. The quantitative estimate of drug-likeness (QED) is 0.410. The number of aromatic nitrogens is 1. The predicted octanol–water partition coefficient (Wildman–Crippen LogP) is 0.0755. The van der Waals surface area contributed by atoms with Crippen LogP contribution >= 0.6 is 11.3 Å². The predicted molar refractivity (Wildman–Crippen MR) is 65.1 cm³/mol. The van der Waals surface area contributed by atoms with E-state index >= 15 is 0 Å². The van der Waals surface area contributed by atoms with Crippen molar-refractivity contribution < 1.29 is 27.2 Å². The molecule has 0 bridgehead atoms. The van der Waals surface area contributed by atoms with Gasteiger partial charge in [0.05, 0.1) is 0 Å². The van der Waals surface area contributed by atoms with Gasteiger partial charge < -0.3 is 4.70 Å². The van der Waals surface area contributed by atoms with E-state index in [1.807, 2.05) is 23.8 Å². The molecule has 8 heteroatoms. The van der Waals surface area contributed by atoms with Crippen molar-refractivity contribution in [1.82, 2.24) is 0 Å². The molecule has 0 aliphatic heterocycles. The highest BCUT2D eigenvalue weighted by Crippen LogP contribution is 2.18. The molecule has 2 rings (SSSR count). The number of hydrogen-bond acceptors (Lipinski definition) is 2. The maximum atomic E-state index is 9.67. The summed E-state index contributed by atoms with van der Waals surface area (Å²) in [6.07, 6.45) is 0. The van der Waals surface area contributed by atoms with Crippen LogP contribution in [0.5, 0.6) is 0 Å². The van der Waals surface area contributed by atoms with Gasteiger partial charge in [-0.15, -0.1) is 0 Å². The molecule has 0 aliphatic carbocycles. The molecule has 1 aromatic carbocycles. The van der Waals surface area contributed by atoms with Crippen LogP contribution < -0.4 is 14.3 Å². The zero-order valence-corrected chi connectivity index (χ0v) is 9.98. The summed E-state index contributed by atoms with van der Waals surface area (Å²) in [6, 6.07) is 8.22. The Hall–Kier alpha value is -1.31. The highest BCUT2D eigenvalue weighted by molar-refractivity contribution is 7.18. The molecule has 1 heterocycles. The average Bonchev–Trinajstić information content (AvgIpc) is 2.52. The minimum Gasteiger partial charge on any atom is -1.00 e. The number of rotatable bonds is 1.